The minimum Gasteiger partial charge on any atom is -0.444 e. The van der Waals surface area contributed by atoms with Crippen molar-refractivity contribution >= 4 is 6.09 Å². The molecule has 2 heterocycles. The van der Waals surface area contributed by atoms with Gasteiger partial charge in [-0.15, -0.1) is 0 Å². The third kappa shape index (κ3) is 10.4. The molecule has 0 unspecified atom stereocenters. The number of benzene rings is 2. The number of carbonyl (C=O) groups excluding carboxylic acids is 1. The lowest BCUT2D eigenvalue weighted by Gasteiger charge is -2.28. The number of carbonyl (C=O) groups is 1. The van der Waals surface area contributed by atoms with Gasteiger partial charge in [-0.25, -0.2) is 4.79 Å². The summed E-state index contributed by atoms with van der Waals surface area (Å²) in [6, 6.07) is 21.1. The van der Waals surface area contributed by atoms with Crippen molar-refractivity contribution in [3.8, 4) is 0 Å². The first-order valence-corrected chi connectivity index (χ1v) is 12.9. The summed E-state index contributed by atoms with van der Waals surface area (Å²) in [6.07, 6.45) is 4.31. The van der Waals surface area contributed by atoms with Gasteiger partial charge in [0.05, 0.1) is 32.5 Å². The quantitative estimate of drug-likeness (QED) is 0.534. The first kappa shape index (κ1) is 27.2. The van der Waals surface area contributed by atoms with Crippen LogP contribution in [0.5, 0.6) is 0 Å². The van der Waals surface area contributed by atoms with E-state index in [1.165, 1.54) is 18.4 Å². The van der Waals surface area contributed by atoms with Gasteiger partial charge >= 0.3 is 6.09 Å². The minimum atomic E-state index is -0.449. The molecule has 2 saturated heterocycles. The molecule has 4 rings (SSSR count). The molecule has 2 aromatic carbocycles. The highest BCUT2D eigenvalue weighted by molar-refractivity contribution is 5.68. The monoisotopic (exact) mass is 482 g/mol. The second-order valence-corrected chi connectivity index (χ2v) is 10.3. The van der Waals surface area contributed by atoms with Crippen LogP contribution in [0.1, 0.15) is 57.6 Å². The van der Waals surface area contributed by atoms with Gasteiger partial charge in [0.15, 0.2) is 0 Å². The fraction of sp³-hybridized carbons (Fsp3) is 0.552. The molecule has 0 saturated carbocycles. The van der Waals surface area contributed by atoms with Gasteiger partial charge in [-0.05, 0) is 64.1 Å². The largest absolute Gasteiger partial charge is 0.444 e. The SMILES string of the molecule is CC(C)(C)OC(=O)N1CCC[C@H]1COCc1ccccc1.c1ccc(COC[C@@H]2CCCN2)cc1. The van der Waals surface area contributed by atoms with Crippen LogP contribution in [0.2, 0.25) is 0 Å². The average molecular weight is 483 g/mol. The van der Waals surface area contributed by atoms with Crippen molar-refractivity contribution in [1.82, 2.24) is 10.2 Å². The molecule has 2 aliphatic rings. The highest BCUT2D eigenvalue weighted by Gasteiger charge is 2.32. The fourth-order valence-electron chi connectivity index (χ4n) is 4.25. The Morgan fingerprint density at radius 3 is 2.03 bits per heavy atom. The van der Waals surface area contributed by atoms with Crippen molar-refractivity contribution in [1.29, 1.82) is 0 Å². The van der Waals surface area contributed by atoms with Crippen molar-refractivity contribution in [3.05, 3.63) is 71.8 Å². The van der Waals surface area contributed by atoms with E-state index in [1.807, 2.05) is 69.3 Å². The van der Waals surface area contributed by atoms with Crippen LogP contribution in [0.3, 0.4) is 0 Å². The van der Waals surface area contributed by atoms with Crippen LogP contribution >= 0.6 is 0 Å². The van der Waals surface area contributed by atoms with Gasteiger partial charge in [0.2, 0.25) is 0 Å². The Morgan fingerprint density at radius 2 is 1.49 bits per heavy atom. The summed E-state index contributed by atoms with van der Waals surface area (Å²) < 4.78 is 16.9. The van der Waals surface area contributed by atoms with Crippen LogP contribution < -0.4 is 5.32 Å². The summed E-state index contributed by atoms with van der Waals surface area (Å²) in [4.78, 5) is 14.0. The molecule has 35 heavy (non-hydrogen) atoms. The summed E-state index contributed by atoms with van der Waals surface area (Å²) >= 11 is 0. The lowest BCUT2D eigenvalue weighted by Crippen LogP contribution is -2.41. The predicted octanol–water partition coefficient (Wildman–Crippen LogP) is 5.56. The Labute approximate surface area is 210 Å². The molecule has 2 fully saturated rings. The number of hydrogen-bond donors (Lipinski definition) is 1. The van der Waals surface area contributed by atoms with Crippen molar-refractivity contribution in [2.45, 2.75) is 77.4 Å². The van der Waals surface area contributed by atoms with Gasteiger partial charge in [0.1, 0.15) is 5.60 Å². The third-order valence-corrected chi connectivity index (χ3v) is 6.02. The topological polar surface area (TPSA) is 60.0 Å². The van der Waals surface area contributed by atoms with Gasteiger partial charge in [-0.2, -0.15) is 0 Å². The van der Waals surface area contributed by atoms with E-state index in [2.05, 4.69) is 17.4 Å². The Kier molecular flexibility index (Phi) is 11.0. The Hall–Kier alpha value is -2.41. The Bertz CT molecular complexity index is 848. The van der Waals surface area contributed by atoms with Crippen LogP contribution in [0.4, 0.5) is 4.79 Å². The zero-order chi connectivity index (χ0) is 24.9. The lowest BCUT2D eigenvalue weighted by molar-refractivity contribution is 0.00883. The van der Waals surface area contributed by atoms with Gasteiger partial charge in [-0.1, -0.05) is 60.7 Å². The second kappa shape index (κ2) is 14.2. The summed E-state index contributed by atoms with van der Waals surface area (Å²) in [5.41, 5.74) is 1.96. The van der Waals surface area contributed by atoms with Crippen LogP contribution in [0.25, 0.3) is 0 Å². The summed E-state index contributed by atoms with van der Waals surface area (Å²) in [5, 5.41) is 3.42. The van der Waals surface area contributed by atoms with Crippen LogP contribution in [0, 0.1) is 0 Å². The predicted molar refractivity (Wildman–Crippen MR) is 139 cm³/mol. The van der Waals surface area contributed by atoms with Crippen LogP contribution in [-0.4, -0.2) is 55.0 Å². The highest BCUT2D eigenvalue weighted by atomic mass is 16.6. The standard InChI is InChI=1S/C17H25NO3.C12H17NO/c1-17(2,3)21-16(19)18-11-7-10-15(18)13-20-12-14-8-5-4-6-9-14;1-2-5-11(6-3-1)9-14-10-12-7-4-8-13-12/h4-6,8-9,15H,7,10-13H2,1-3H3;1-3,5-6,12-13H,4,7-10H2/t15-;12-/m00/s1. The molecule has 2 aliphatic heterocycles. The van der Waals surface area contributed by atoms with E-state index in [0.717, 1.165) is 44.7 Å². The molecule has 1 N–H and O–H groups in total. The van der Waals surface area contributed by atoms with E-state index in [4.69, 9.17) is 14.2 Å². The molecular formula is C29H42N2O4. The fourth-order valence-corrected chi connectivity index (χ4v) is 4.25. The number of nitrogens with one attached hydrogen (secondary N) is 1. The molecule has 0 aromatic heterocycles. The zero-order valence-corrected chi connectivity index (χ0v) is 21.6. The maximum atomic E-state index is 12.2. The molecule has 1 amide bonds. The lowest BCUT2D eigenvalue weighted by atomic mass is 10.2. The number of likely N-dealkylation sites (tertiary alicyclic amines) is 1. The number of hydrogen-bond acceptors (Lipinski definition) is 5. The van der Waals surface area contributed by atoms with Crippen molar-refractivity contribution in [2.75, 3.05) is 26.3 Å². The average Bonchev–Trinajstić information content (AvgIpc) is 3.52. The van der Waals surface area contributed by atoms with E-state index in [1.54, 1.807) is 4.90 Å². The van der Waals surface area contributed by atoms with Gasteiger partial charge < -0.3 is 24.4 Å². The van der Waals surface area contributed by atoms with E-state index in [0.29, 0.717) is 19.3 Å². The molecule has 6 heteroatoms. The molecule has 2 aromatic rings. The van der Waals surface area contributed by atoms with E-state index in [-0.39, 0.29) is 12.1 Å². The first-order chi connectivity index (χ1) is 16.9. The van der Waals surface area contributed by atoms with Crippen LogP contribution in [0.15, 0.2) is 60.7 Å². The van der Waals surface area contributed by atoms with E-state index >= 15 is 0 Å². The maximum Gasteiger partial charge on any atom is 0.410 e. The highest BCUT2D eigenvalue weighted by Crippen LogP contribution is 2.21. The smallest absolute Gasteiger partial charge is 0.410 e. The number of ether oxygens (including phenoxy) is 3. The van der Waals surface area contributed by atoms with Crippen molar-refractivity contribution in [2.24, 2.45) is 0 Å². The third-order valence-electron chi connectivity index (χ3n) is 6.02. The van der Waals surface area contributed by atoms with Crippen molar-refractivity contribution in [3.63, 3.8) is 0 Å². The maximum absolute atomic E-state index is 12.2. The molecule has 0 spiro atoms. The molecule has 0 aliphatic carbocycles. The van der Waals surface area contributed by atoms with E-state index < -0.39 is 5.60 Å². The van der Waals surface area contributed by atoms with Gasteiger partial charge in [0.25, 0.3) is 0 Å². The zero-order valence-electron chi connectivity index (χ0n) is 21.6. The summed E-state index contributed by atoms with van der Waals surface area (Å²) in [7, 11) is 0. The molecule has 0 radical (unpaired) electrons. The molecule has 6 nitrogen and oxygen atoms in total. The van der Waals surface area contributed by atoms with Gasteiger partial charge in [0, 0.05) is 12.6 Å². The van der Waals surface area contributed by atoms with Crippen LogP contribution in [-0.2, 0) is 27.4 Å². The first-order valence-electron chi connectivity index (χ1n) is 12.9. The number of amides is 1. The summed E-state index contributed by atoms with van der Waals surface area (Å²) in [5.74, 6) is 0. The molecule has 192 valence electrons. The number of rotatable bonds is 8. The van der Waals surface area contributed by atoms with Crippen molar-refractivity contribution < 1.29 is 19.0 Å². The molecule has 0 bridgehead atoms. The van der Waals surface area contributed by atoms with Gasteiger partial charge in [-0.3, -0.25) is 0 Å². The molecular weight excluding hydrogens is 440 g/mol. The Morgan fingerprint density at radius 1 is 0.886 bits per heavy atom. The normalized spacial score (nSPS) is 19.8. The van der Waals surface area contributed by atoms with E-state index in [9.17, 15) is 4.79 Å². The molecule has 2 atom stereocenters. The number of nitrogens with zero attached hydrogens (tertiary/aromatic N) is 1. The minimum absolute atomic E-state index is 0.128. The Balaban J connectivity index is 0.000000211. The second-order valence-electron chi connectivity index (χ2n) is 10.3. The summed E-state index contributed by atoms with van der Waals surface area (Å²) in [6.45, 7) is 10.3.